The van der Waals surface area contributed by atoms with Crippen LogP contribution in [0.15, 0.2) is 0 Å². The minimum absolute atomic E-state index is 0.112. The highest BCUT2D eigenvalue weighted by molar-refractivity contribution is 4.78. The van der Waals surface area contributed by atoms with E-state index in [0.717, 1.165) is 0 Å². The fraction of sp³-hybridized carbons (Fsp3) is 1.00. The summed E-state index contributed by atoms with van der Waals surface area (Å²) in [7, 11) is 0. The van der Waals surface area contributed by atoms with Gasteiger partial charge in [0.1, 0.15) is 5.67 Å². The molecule has 0 heterocycles. The predicted molar refractivity (Wildman–Crippen MR) is 43.1 cm³/mol. The van der Waals surface area contributed by atoms with Crippen molar-refractivity contribution >= 4 is 0 Å². The molecule has 0 saturated carbocycles. The summed E-state index contributed by atoms with van der Waals surface area (Å²) in [5.74, 6) is 0. The van der Waals surface area contributed by atoms with E-state index in [-0.39, 0.29) is 25.8 Å². The first-order valence-corrected chi connectivity index (χ1v) is 4.29. The van der Waals surface area contributed by atoms with Gasteiger partial charge in [0, 0.05) is 13.0 Å². The molecule has 0 bridgehead atoms. The first-order valence-electron chi connectivity index (χ1n) is 4.29. The molecule has 1 atom stereocenters. The summed E-state index contributed by atoms with van der Waals surface area (Å²) in [6.07, 6.45) is -5.26. The van der Waals surface area contributed by atoms with E-state index in [4.69, 9.17) is 5.73 Å². The van der Waals surface area contributed by atoms with Crippen LogP contribution in [0.3, 0.4) is 0 Å². The Morgan fingerprint density at radius 3 is 1.92 bits per heavy atom. The van der Waals surface area contributed by atoms with E-state index < -0.39 is 18.3 Å². The first kappa shape index (κ1) is 12.7. The van der Waals surface area contributed by atoms with Crippen molar-refractivity contribution in [2.75, 3.05) is 6.54 Å². The zero-order chi connectivity index (χ0) is 10.5. The molecular weight excluding hydrogens is 186 g/mol. The standard InChI is InChI=1S/C8H15F4N/c1-2-7(9,6-13)4-3-5-8(10,11)12/h2-6,13H2,1H3. The minimum Gasteiger partial charge on any atom is -0.328 e. The summed E-state index contributed by atoms with van der Waals surface area (Å²) in [6.45, 7) is 1.38. The third-order valence-electron chi connectivity index (χ3n) is 2.08. The van der Waals surface area contributed by atoms with Crippen LogP contribution in [0, 0.1) is 0 Å². The van der Waals surface area contributed by atoms with Gasteiger partial charge in [-0.2, -0.15) is 13.2 Å². The molecular formula is C8H15F4N. The van der Waals surface area contributed by atoms with E-state index in [9.17, 15) is 17.6 Å². The first-order chi connectivity index (χ1) is 5.83. The van der Waals surface area contributed by atoms with Crippen LogP contribution in [0.25, 0.3) is 0 Å². The lowest BCUT2D eigenvalue weighted by molar-refractivity contribution is -0.136. The van der Waals surface area contributed by atoms with Gasteiger partial charge in [-0.25, -0.2) is 4.39 Å². The number of hydrogen-bond acceptors (Lipinski definition) is 1. The van der Waals surface area contributed by atoms with Crippen LogP contribution < -0.4 is 5.73 Å². The maximum absolute atomic E-state index is 13.3. The molecule has 0 radical (unpaired) electrons. The third-order valence-corrected chi connectivity index (χ3v) is 2.08. The Kier molecular flexibility index (Phi) is 4.67. The Morgan fingerprint density at radius 1 is 1.08 bits per heavy atom. The van der Waals surface area contributed by atoms with E-state index in [2.05, 4.69) is 0 Å². The van der Waals surface area contributed by atoms with Crippen molar-refractivity contribution in [1.82, 2.24) is 0 Å². The average molecular weight is 201 g/mol. The molecule has 1 nitrogen and oxygen atoms in total. The molecule has 80 valence electrons. The van der Waals surface area contributed by atoms with E-state index >= 15 is 0 Å². The van der Waals surface area contributed by atoms with E-state index in [1.54, 1.807) is 6.92 Å². The van der Waals surface area contributed by atoms with Gasteiger partial charge in [-0.3, -0.25) is 0 Å². The van der Waals surface area contributed by atoms with E-state index in [0.29, 0.717) is 0 Å². The third kappa shape index (κ3) is 5.85. The van der Waals surface area contributed by atoms with Crippen molar-refractivity contribution in [2.45, 2.75) is 44.5 Å². The van der Waals surface area contributed by atoms with Gasteiger partial charge in [-0.05, 0) is 19.3 Å². The number of halogens is 4. The number of alkyl halides is 4. The lowest BCUT2D eigenvalue weighted by Crippen LogP contribution is -2.32. The highest BCUT2D eigenvalue weighted by Crippen LogP contribution is 2.27. The number of nitrogens with two attached hydrogens (primary N) is 1. The minimum atomic E-state index is -4.19. The molecule has 0 aliphatic heterocycles. The highest BCUT2D eigenvalue weighted by Gasteiger charge is 2.30. The molecule has 0 aromatic heterocycles. The van der Waals surface area contributed by atoms with Gasteiger partial charge < -0.3 is 5.73 Å². The van der Waals surface area contributed by atoms with Crippen LogP contribution in [0.1, 0.15) is 32.6 Å². The van der Waals surface area contributed by atoms with Gasteiger partial charge in [0.15, 0.2) is 0 Å². The topological polar surface area (TPSA) is 26.0 Å². The smallest absolute Gasteiger partial charge is 0.328 e. The predicted octanol–water partition coefficient (Wildman–Crippen LogP) is 2.80. The Hall–Kier alpha value is -0.320. The summed E-state index contributed by atoms with van der Waals surface area (Å²) in [6, 6.07) is 0. The number of rotatable bonds is 5. The second-order valence-electron chi connectivity index (χ2n) is 3.18. The van der Waals surface area contributed by atoms with Gasteiger partial charge in [0.05, 0.1) is 0 Å². The maximum atomic E-state index is 13.3. The largest absolute Gasteiger partial charge is 0.389 e. The normalized spacial score (nSPS) is 17.1. The second-order valence-corrected chi connectivity index (χ2v) is 3.18. The lowest BCUT2D eigenvalue weighted by atomic mass is 9.96. The quantitative estimate of drug-likeness (QED) is 0.680. The highest BCUT2D eigenvalue weighted by atomic mass is 19.4. The molecule has 13 heavy (non-hydrogen) atoms. The van der Waals surface area contributed by atoms with Gasteiger partial charge in [0.25, 0.3) is 0 Å². The molecule has 1 unspecified atom stereocenters. The SMILES string of the molecule is CCC(F)(CN)CCCC(F)(F)F. The zero-order valence-electron chi connectivity index (χ0n) is 7.62. The number of hydrogen-bond donors (Lipinski definition) is 1. The van der Waals surface area contributed by atoms with Crippen molar-refractivity contribution in [3.63, 3.8) is 0 Å². The molecule has 0 spiro atoms. The molecule has 0 aromatic carbocycles. The van der Waals surface area contributed by atoms with Crippen LogP contribution in [0.5, 0.6) is 0 Å². The van der Waals surface area contributed by atoms with Gasteiger partial charge in [-0.15, -0.1) is 0 Å². The fourth-order valence-corrected chi connectivity index (χ4v) is 1.03. The molecule has 0 aliphatic carbocycles. The summed E-state index contributed by atoms with van der Waals surface area (Å²) in [5, 5.41) is 0. The molecule has 0 aliphatic rings. The van der Waals surface area contributed by atoms with E-state index in [1.807, 2.05) is 0 Å². The lowest BCUT2D eigenvalue weighted by Gasteiger charge is -2.21. The molecule has 0 aromatic rings. The molecule has 0 fully saturated rings. The summed E-state index contributed by atoms with van der Waals surface area (Å²) in [4.78, 5) is 0. The maximum Gasteiger partial charge on any atom is 0.389 e. The van der Waals surface area contributed by atoms with Gasteiger partial charge >= 0.3 is 6.18 Å². The Morgan fingerprint density at radius 2 is 1.62 bits per heavy atom. The second kappa shape index (κ2) is 4.79. The zero-order valence-corrected chi connectivity index (χ0v) is 7.62. The van der Waals surface area contributed by atoms with Crippen LogP contribution in [-0.2, 0) is 0 Å². The fourth-order valence-electron chi connectivity index (χ4n) is 1.03. The Bertz CT molecular complexity index is 140. The summed E-state index contributed by atoms with van der Waals surface area (Å²) >= 11 is 0. The Balaban J connectivity index is 3.74. The van der Waals surface area contributed by atoms with Crippen molar-refractivity contribution < 1.29 is 17.6 Å². The molecule has 0 saturated heterocycles. The van der Waals surface area contributed by atoms with Crippen molar-refractivity contribution in [3.05, 3.63) is 0 Å². The molecule has 5 heteroatoms. The average Bonchev–Trinajstić information content (AvgIpc) is 2.02. The molecule has 0 rings (SSSR count). The van der Waals surface area contributed by atoms with Crippen molar-refractivity contribution in [3.8, 4) is 0 Å². The molecule has 0 amide bonds. The van der Waals surface area contributed by atoms with Crippen molar-refractivity contribution in [1.29, 1.82) is 0 Å². The summed E-state index contributed by atoms with van der Waals surface area (Å²) < 4.78 is 48.4. The Labute approximate surface area is 75.3 Å². The van der Waals surface area contributed by atoms with Gasteiger partial charge in [-0.1, -0.05) is 6.92 Å². The van der Waals surface area contributed by atoms with Crippen molar-refractivity contribution in [2.24, 2.45) is 5.73 Å². The molecule has 2 N–H and O–H groups in total. The van der Waals surface area contributed by atoms with E-state index in [1.165, 1.54) is 0 Å². The summed E-state index contributed by atoms with van der Waals surface area (Å²) in [5.41, 5.74) is 3.49. The van der Waals surface area contributed by atoms with Gasteiger partial charge in [0.2, 0.25) is 0 Å². The van der Waals surface area contributed by atoms with Crippen LogP contribution in [0.4, 0.5) is 17.6 Å². The van der Waals surface area contributed by atoms with Crippen LogP contribution in [-0.4, -0.2) is 18.4 Å². The van der Waals surface area contributed by atoms with Crippen LogP contribution >= 0.6 is 0 Å². The monoisotopic (exact) mass is 201 g/mol. The van der Waals surface area contributed by atoms with Crippen LogP contribution in [0.2, 0.25) is 0 Å².